The number of carbonyl (C=O) groups excluding carboxylic acids is 6. The maximum atomic E-state index is 13.3. The highest BCUT2D eigenvalue weighted by molar-refractivity contribution is 6.30. The first-order chi connectivity index (χ1) is 25.7. The molecule has 296 valence electrons. The second kappa shape index (κ2) is 21.4. The van der Waals surface area contributed by atoms with Gasteiger partial charge in [-0.05, 0) is 101 Å². The minimum Gasteiger partial charge on any atom is -0.396 e. The molecule has 3 rings (SSSR count). The largest absolute Gasteiger partial charge is 0.396 e. The highest BCUT2D eigenvalue weighted by Crippen LogP contribution is 2.27. The van der Waals surface area contributed by atoms with E-state index in [0.717, 1.165) is 11.1 Å². The predicted octanol–water partition coefficient (Wildman–Crippen LogP) is -0.338. The van der Waals surface area contributed by atoms with Crippen molar-refractivity contribution in [3.8, 4) is 11.1 Å². The van der Waals surface area contributed by atoms with Gasteiger partial charge in [0.1, 0.15) is 30.3 Å². The van der Waals surface area contributed by atoms with Gasteiger partial charge in [-0.2, -0.15) is 0 Å². The summed E-state index contributed by atoms with van der Waals surface area (Å²) in [6.45, 7) is 4.36. The maximum absolute atomic E-state index is 13.3. The molecule has 0 spiro atoms. The number of hydrogen-bond acceptors (Lipinski definition) is 11. The van der Waals surface area contributed by atoms with Crippen LogP contribution in [0.15, 0.2) is 48.5 Å². The second-order valence-electron chi connectivity index (χ2n) is 13.2. The van der Waals surface area contributed by atoms with Gasteiger partial charge in [0.25, 0.3) is 5.91 Å². The standard InChI is InChI=1S/C37H52ClN7O9/c1-20(31(48)32-29(54-32)16-19-46)41-35(51)27(6-4-5-17-39)43-33(49)21(2)42-37(53)30(22(3)47)45-36(52)28(15-18-40)44-34(50)25-9-7-23(8-10-25)24-11-13-26(38)14-12-24/h7-14,20-22,27-30,32,46-47H,4-6,15-19,39-40H2,1-3H3,(H,41,51)(H,42,53)(H,43,49)(H,44,50)(H,45,52)/t20-,21-,22+,27-,28-,29+,30-,32?/m0/s1. The zero-order valence-corrected chi connectivity index (χ0v) is 31.4. The molecule has 2 aromatic carbocycles. The van der Waals surface area contributed by atoms with Crippen molar-refractivity contribution in [2.75, 3.05) is 19.7 Å². The fourth-order valence-electron chi connectivity index (χ4n) is 5.59. The summed E-state index contributed by atoms with van der Waals surface area (Å²) >= 11 is 5.97. The van der Waals surface area contributed by atoms with Crippen LogP contribution in [-0.4, -0.2) is 114 Å². The lowest BCUT2D eigenvalue weighted by Crippen LogP contribution is -2.60. The molecule has 0 aromatic heterocycles. The number of Topliss-reactive ketones (excluding diaryl/α,β-unsaturated/α-hetero) is 1. The van der Waals surface area contributed by atoms with Crippen LogP contribution < -0.4 is 38.1 Å². The number of unbranched alkanes of at least 4 members (excludes halogenated alkanes) is 1. The summed E-state index contributed by atoms with van der Waals surface area (Å²) in [5, 5.41) is 32.8. The van der Waals surface area contributed by atoms with Gasteiger partial charge in [-0.15, -0.1) is 0 Å². The monoisotopic (exact) mass is 773 g/mol. The number of benzene rings is 2. The molecule has 1 fully saturated rings. The number of aliphatic hydroxyl groups excluding tert-OH is 2. The van der Waals surface area contributed by atoms with Crippen LogP contribution in [0.3, 0.4) is 0 Å². The van der Waals surface area contributed by atoms with Crippen LogP contribution in [0.5, 0.6) is 0 Å². The Morgan fingerprint density at radius 3 is 1.87 bits per heavy atom. The third-order valence-corrected chi connectivity index (χ3v) is 9.11. The SMILES string of the molecule is C[C@H](NC(=O)[C@@H](NC(=O)[C@H](CCN)NC(=O)c1ccc(-c2ccc(Cl)cc2)cc1)[C@@H](C)O)C(=O)N[C@@H](CCCCN)C(=O)N[C@@H](C)C(=O)C1O[C@@H]1CCO. The molecule has 0 saturated carbocycles. The summed E-state index contributed by atoms with van der Waals surface area (Å²) in [7, 11) is 0. The van der Waals surface area contributed by atoms with Crippen molar-refractivity contribution in [1.29, 1.82) is 0 Å². The highest BCUT2D eigenvalue weighted by atomic mass is 35.5. The van der Waals surface area contributed by atoms with E-state index in [2.05, 4.69) is 26.6 Å². The molecular formula is C37H52ClN7O9. The van der Waals surface area contributed by atoms with Crippen molar-refractivity contribution in [2.24, 2.45) is 11.5 Å². The molecule has 1 aliphatic heterocycles. The Kier molecular flexibility index (Phi) is 17.5. The van der Waals surface area contributed by atoms with Gasteiger partial charge >= 0.3 is 0 Å². The van der Waals surface area contributed by atoms with E-state index in [1.54, 1.807) is 36.4 Å². The molecule has 1 aliphatic rings. The predicted molar refractivity (Wildman–Crippen MR) is 201 cm³/mol. The van der Waals surface area contributed by atoms with Crippen molar-refractivity contribution in [3.63, 3.8) is 0 Å². The smallest absolute Gasteiger partial charge is 0.251 e. The van der Waals surface area contributed by atoms with Gasteiger partial charge in [0.15, 0.2) is 5.78 Å². The quantitative estimate of drug-likeness (QED) is 0.0552. The lowest BCUT2D eigenvalue weighted by Gasteiger charge is -2.26. The van der Waals surface area contributed by atoms with Gasteiger partial charge in [0.2, 0.25) is 23.6 Å². The molecule has 0 aliphatic carbocycles. The molecule has 0 radical (unpaired) electrons. The van der Waals surface area contributed by atoms with Crippen molar-refractivity contribution in [3.05, 3.63) is 59.1 Å². The minimum atomic E-state index is -1.53. The minimum absolute atomic E-state index is 0.0160. The average Bonchev–Trinajstić information content (AvgIpc) is 3.92. The summed E-state index contributed by atoms with van der Waals surface area (Å²) < 4.78 is 5.28. The Bertz CT molecular complexity index is 1590. The van der Waals surface area contributed by atoms with Crippen LogP contribution in [0.1, 0.15) is 63.2 Å². The summed E-state index contributed by atoms with van der Waals surface area (Å²) in [5.74, 6) is -3.98. The lowest BCUT2D eigenvalue weighted by molar-refractivity contribution is -0.135. The molecule has 1 saturated heterocycles. The molecule has 11 N–H and O–H groups in total. The molecule has 5 amide bonds. The van der Waals surface area contributed by atoms with Crippen LogP contribution >= 0.6 is 11.6 Å². The first kappa shape index (κ1) is 44.0. The number of epoxide rings is 1. The van der Waals surface area contributed by atoms with Crippen LogP contribution in [0.2, 0.25) is 5.02 Å². The fraction of sp³-hybridized carbons (Fsp3) is 0.514. The van der Waals surface area contributed by atoms with E-state index in [1.807, 2.05) is 12.1 Å². The topological polar surface area (TPSA) is 268 Å². The van der Waals surface area contributed by atoms with Gasteiger partial charge in [0, 0.05) is 17.2 Å². The first-order valence-corrected chi connectivity index (χ1v) is 18.3. The Hall–Kier alpha value is -4.45. The normalized spacial score (nSPS) is 18.1. The van der Waals surface area contributed by atoms with Crippen LogP contribution in [-0.2, 0) is 28.7 Å². The average molecular weight is 774 g/mol. The Morgan fingerprint density at radius 2 is 1.30 bits per heavy atom. The molecular weight excluding hydrogens is 722 g/mol. The third kappa shape index (κ3) is 13.1. The van der Waals surface area contributed by atoms with Gasteiger partial charge in [0.05, 0.1) is 18.2 Å². The van der Waals surface area contributed by atoms with E-state index in [0.29, 0.717) is 30.8 Å². The molecule has 1 heterocycles. The summed E-state index contributed by atoms with van der Waals surface area (Å²) in [6, 6.07) is 7.95. The summed E-state index contributed by atoms with van der Waals surface area (Å²) in [6.07, 6.45) is -0.999. The van der Waals surface area contributed by atoms with E-state index >= 15 is 0 Å². The fourth-order valence-corrected chi connectivity index (χ4v) is 5.72. The molecule has 54 heavy (non-hydrogen) atoms. The third-order valence-electron chi connectivity index (χ3n) is 8.86. The Morgan fingerprint density at radius 1 is 0.722 bits per heavy atom. The van der Waals surface area contributed by atoms with Crippen molar-refractivity contribution in [2.45, 2.75) is 101 Å². The summed E-state index contributed by atoms with van der Waals surface area (Å²) in [5.41, 5.74) is 13.3. The lowest BCUT2D eigenvalue weighted by atomic mass is 10.0. The number of ketones is 1. The van der Waals surface area contributed by atoms with Gasteiger partial charge in [-0.25, -0.2) is 0 Å². The summed E-state index contributed by atoms with van der Waals surface area (Å²) in [4.78, 5) is 78.7. The molecule has 17 heteroatoms. The van der Waals surface area contributed by atoms with E-state index < -0.39 is 78.1 Å². The highest BCUT2D eigenvalue weighted by Gasteiger charge is 2.46. The van der Waals surface area contributed by atoms with Gasteiger partial charge < -0.3 is 53.0 Å². The number of hydrogen-bond donors (Lipinski definition) is 9. The van der Waals surface area contributed by atoms with Gasteiger partial charge in [-0.3, -0.25) is 28.8 Å². The van der Waals surface area contributed by atoms with Crippen LogP contribution in [0.25, 0.3) is 11.1 Å². The Balaban J connectivity index is 1.60. The zero-order chi connectivity index (χ0) is 39.9. The van der Waals surface area contributed by atoms with E-state index in [-0.39, 0.29) is 37.3 Å². The first-order valence-electron chi connectivity index (χ1n) is 18.0. The number of nitrogens with two attached hydrogens (primary N) is 2. The van der Waals surface area contributed by atoms with Crippen molar-refractivity contribution < 1.29 is 43.7 Å². The van der Waals surface area contributed by atoms with E-state index in [1.165, 1.54) is 20.8 Å². The Labute approximate surface area is 319 Å². The number of aliphatic hydroxyl groups is 2. The number of nitrogens with one attached hydrogen (secondary N) is 5. The maximum Gasteiger partial charge on any atom is 0.251 e. The number of carbonyl (C=O) groups is 6. The zero-order valence-electron chi connectivity index (χ0n) is 30.7. The number of rotatable bonds is 22. The molecule has 1 unspecified atom stereocenters. The van der Waals surface area contributed by atoms with E-state index in [4.69, 9.17) is 32.9 Å². The van der Waals surface area contributed by atoms with Crippen molar-refractivity contribution >= 4 is 46.9 Å². The number of ether oxygens (including phenoxy) is 1. The molecule has 0 bridgehead atoms. The van der Waals surface area contributed by atoms with E-state index in [9.17, 15) is 33.9 Å². The van der Waals surface area contributed by atoms with Crippen LogP contribution in [0, 0.1) is 0 Å². The molecule has 16 nitrogen and oxygen atoms in total. The number of amides is 5. The number of halogens is 1. The van der Waals surface area contributed by atoms with Gasteiger partial charge in [-0.1, -0.05) is 35.9 Å². The molecule has 8 atom stereocenters. The molecule has 2 aromatic rings. The van der Waals surface area contributed by atoms with Crippen molar-refractivity contribution in [1.82, 2.24) is 26.6 Å². The second-order valence-corrected chi connectivity index (χ2v) is 13.7. The van der Waals surface area contributed by atoms with Crippen LogP contribution in [0.4, 0.5) is 0 Å².